The number of carboxylic acid groups (broad SMARTS) is 1. The minimum absolute atomic E-state index is 0.117. The summed E-state index contributed by atoms with van der Waals surface area (Å²) >= 11 is 12.0. The Bertz CT molecular complexity index is 525. The van der Waals surface area contributed by atoms with Crippen LogP contribution in [0.15, 0.2) is 12.1 Å². The Hall–Kier alpha value is -1.46. The van der Waals surface area contributed by atoms with E-state index in [9.17, 15) is 9.59 Å². The van der Waals surface area contributed by atoms with E-state index in [2.05, 4.69) is 0 Å². The van der Waals surface area contributed by atoms with E-state index in [0.717, 1.165) is 0 Å². The van der Waals surface area contributed by atoms with Crippen molar-refractivity contribution >= 4 is 35.1 Å². The highest BCUT2D eigenvalue weighted by atomic mass is 35.5. The number of hydrogen-bond acceptors (Lipinski definition) is 3. The van der Waals surface area contributed by atoms with Gasteiger partial charge in [-0.1, -0.05) is 30.1 Å². The van der Waals surface area contributed by atoms with Gasteiger partial charge < -0.3 is 14.7 Å². The van der Waals surface area contributed by atoms with Crippen LogP contribution in [-0.4, -0.2) is 42.1 Å². The molecule has 0 bridgehead atoms. The number of ether oxygens (including phenoxy) is 1. The first kappa shape index (κ1) is 17.6. The van der Waals surface area contributed by atoms with E-state index in [1.807, 2.05) is 0 Å². The summed E-state index contributed by atoms with van der Waals surface area (Å²) in [4.78, 5) is 24.8. The number of methoxy groups -OCH3 is 1. The third-order valence-corrected chi connectivity index (χ3v) is 3.60. The van der Waals surface area contributed by atoms with Crippen molar-refractivity contribution in [2.45, 2.75) is 13.8 Å². The average Bonchev–Trinajstić information content (AvgIpc) is 2.43. The van der Waals surface area contributed by atoms with E-state index in [1.165, 1.54) is 24.1 Å². The highest BCUT2D eigenvalue weighted by Crippen LogP contribution is 2.34. The lowest BCUT2D eigenvalue weighted by Gasteiger charge is -2.23. The molecular formula is C14H17Cl2NO4. The van der Waals surface area contributed by atoms with Gasteiger partial charge in [0.15, 0.2) is 5.75 Å². The number of carbonyl (C=O) groups excluding carboxylic acids is 1. The van der Waals surface area contributed by atoms with Crippen LogP contribution in [0, 0.1) is 5.92 Å². The Morgan fingerprint density at radius 1 is 1.33 bits per heavy atom. The van der Waals surface area contributed by atoms with E-state index in [1.54, 1.807) is 13.8 Å². The molecule has 1 N–H and O–H groups in total. The molecule has 1 unspecified atom stereocenters. The van der Waals surface area contributed by atoms with E-state index in [0.29, 0.717) is 17.9 Å². The summed E-state index contributed by atoms with van der Waals surface area (Å²) < 4.78 is 5.03. The largest absolute Gasteiger partial charge is 0.494 e. The van der Waals surface area contributed by atoms with Crippen molar-refractivity contribution in [1.82, 2.24) is 4.90 Å². The van der Waals surface area contributed by atoms with E-state index >= 15 is 0 Å². The SMILES string of the molecule is CCN(CC(C)C(=O)O)C(=O)c1cc(Cl)c(OC)c(Cl)c1. The van der Waals surface area contributed by atoms with Crippen molar-refractivity contribution in [2.75, 3.05) is 20.2 Å². The Morgan fingerprint density at radius 3 is 2.24 bits per heavy atom. The zero-order valence-electron chi connectivity index (χ0n) is 12.0. The summed E-state index contributed by atoms with van der Waals surface area (Å²) in [7, 11) is 1.43. The molecule has 0 saturated carbocycles. The van der Waals surface area contributed by atoms with Crippen LogP contribution in [0.4, 0.5) is 0 Å². The Morgan fingerprint density at radius 2 is 1.86 bits per heavy atom. The number of hydrogen-bond donors (Lipinski definition) is 1. The minimum Gasteiger partial charge on any atom is -0.494 e. The third kappa shape index (κ3) is 4.25. The molecule has 7 heteroatoms. The van der Waals surface area contributed by atoms with Gasteiger partial charge in [-0.2, -0.15) is 0 Å². The molecule has 1 aromatic rings. The number of nitrogens with zero attached hydrogens (tertiary/aromatic N) is 1. The minimum atomic E-state index is -0.952. The maximum Gasteiger partial charge on any atom is 0.308 e. The third-order valence-electron chi connectivity index (χ3n) is 3.03. The summed E-state index contributed by atoms with van der Waals surface area (Å²) in [6, 6.07) is 2.92. The summed E-state index contributed by atoms with van der Waals surface area (Å²) in [5.41, 5.74) is 0.297. The van der Waals surface area contributed by atoms with Gasteiger partial charge in [-0.25, -0.2) is 0 Å². The number of carbonyl (C=O) groups is 2. The maximum absolute atomic E-state index is 12.4. The van der Waals surface area contributed by atoms with Crippen LogP contribution >= 0.6 is 23.2 Å². The number of halogens is 2. The first-order valence-electron chi connectivity index (χ1n) is 6.36. The van der Waals surface area contributed by atoms with Gasteiger partial charge in [0.25, 0.3) is 5.91 Å². The molecule has 0 radical (unpaired) electrons. The summed E-state index contributed by atoms with van der Waals surface area (Å²) in [6.07, 6.45) is 0. The Balaban J connectivity index is 3.03. The first-order chi connectivity index (χ1) is 9.81. The van der Waals surface area contributed by atoms with Crippen LogP contribution in [0.25, 0.3) is 0 Å². The highest BCUT2D eigenvalue weighted by molar-refractivity contribution is 6.37. The smallest absolute Gasteiger partial charge is 0.308 e. The van der Waals surface area contributed by atoms with Crippen LogP contribution in [0.3, 0.4) is 0 Å². The van der Waals surface area contributed by atoms with E-state index < -0.39 is 11.9 Å². The molecule has 0 aromatic heterocycles. The monoisotopic (exact) mass is 333 g/mol. The van der Waals surface area contributed by atoms with Crippen LogP contribution in [0.1, 0.15) is 24.2 Å². The summed E-state index contributed by atoms with van der Waals surface area (Å²) in [5.74, 6) is -1.63. The predicted octanol–water partition coefficient (Wildman–Crippen LogP) is 3.18. The molecular weight excluding hydrogens is 317 g/mol. The zero-order chi connectivity index (χ0) is 16.2. The second-order valence-electron chi connectivity index (χ2n) is 4.56. The van der Waals surface area contributed by atoms with Crippen molar-refractivity contribution in [1.29, 1.82) is 0 Å². The van der Waals surface area contributed by atoms with Crippen LogP contribution in [0.5, 0.6) is 5.75 Å². The Labute approximate surface area is 133 Å². The lowest BCUT2D eigenvalue weighted by molar-refractivity contribution is -0.141. The van der Waals surface area contributed by atoms with Gasteiger partial charge in [-0.15, -0.1) is 0 Å². The number of carboxylic acids is 1. The molecule has 0 aliphatic carbocycles. The molecule has 116 valence electrons. The fourth-order valence-electron chi connectivity index (χ4n) is 1.83. The van der Waals surface area contributed by atoms with Crippen LogP contribution in [-0.2, 0) is 4.79 Å². The van der Waals surface area contributed by atoms with Gasteiger partial charge in [-0.3, -0.25) is 9.59 Å². The molecule has 21 heavy (non-hydrogen) atoms. The van der Waals surface area contributed by atoms with Crippen molar-refractivity contribution in [2.24, 2.45) is 5.92 Å². The van der Waals surface area contributed by atoms with Gasteiger partial charge in [-0.05, 0) is 19.1 Å². The average molecular weight is 334 g/mol. The van der Waals surface area contributed by atoms with Crippen LogP contribution < -0.4 is 4.74 Å². The number of benzene rings is 1. The fourth-order valence-corrected chi connectivity index (χ4v) is 2.47. The molecule has 1 aromatic carbocycles. The molecule has 1 atom stereocenters. The van der Waals surface area contributed by atoms with Crippen molar-refractivity contribution < 1.29 is 19.4 Å². The first-order valence-corrected chi connectivity index (χ1v) is 7.12. The molecule has 0 saturated heterocycles. The molecule has 1 rings (SSSR count). The van der Waals surface area contributed by atoms with Crippen molar-refractivity contribution in [3.05, 3.63) is 27.7 Å². The standard InChI is InChI=1S/C14H17Cl2NO4/c1-4-17(7-8(2)14(19)20)13(18)9-5-10(15)12(21-3)11(16)6-9/h5-6,8H,4,7H2,1-3H3,(H,19,20). The molecule has 0 aliphatic rings. The number of aliphatic carboxylic acids is 1. The molecule has 5 nitrogen and oxygen atoms in total. The second-order valence-corrected chi connectivity index (χ2v) is 5.37. The fraction of sp³-hybridized carbons (Fsp3) is 0.429. The zero-order valence-corrected chi connectivity index (χ0v) is 13.5. The maximum atomic E-state index is 12.4. The van der Waals surface area contributed by atoms with E-state index in [4.69, 9.17) is 33.0 Å². The molecule has 0 heterocycles. The summed E-state index contributed by atoms with van der Waals surface area (Å²) in [6.45, 7) is 3.83. The Kier molecular flexibility index (Phi) is 6.30. The number of rotatable bonds is 6. The van der Waals surface area contributed by atoms with Gasteiger partial charge in [0.2, 0.25) is 0 Å². The number of amides is 1. The van der Waals surface area contributed by atoms with Crippen LogP contribution in [0.2, 0.25) is 10.0 Å². The summed E-state index contributed by atoms with van der Waals surface area (Å²) in [5, 5.41) is 9.40. The van der Waals surface area contributed by atoms with Crippen molar-refractivity contribution in [3.63, 3.8) is 0 Å². The van der Waals surface area contributed by atoms with Gasteiger partial charge >= 0.3 is 5.97 Å². The molecule has 0 aliphatic heterocycles. The normalized spacial score (nSPS) is 11.9. The van der Waals surface area contributed by atoms with Gasteiger partial charge in [0, 0.05) is 18.7 Å². The lowest BCUT2D eigenvalue weighted by Crippen LogP contribution is -2.36. The second kappa shape index (κ2) is 7.52. The topological polar surface area (TPSA) is 66.8 Å². The predicted molar refractivity (Wildman–Crippen MR) is 81.4 cm³/mol. The quantitative estimate of drug-likeness (QED) is 0.868. The van der Waals surface area contributed by atoms with Gasteiger partial charge in [0.1, 0.15) is 0 Å². The molecule has 0 spiro atoms. The molecule has 1 amide bonds. The molecule has 0 fully saturated rings. The van der Waals surface area contributed by atoms with E-state index in [-0.39, 0.29) is 22.5 Å². The van der Waals surface area contributed by atoms with Crippen molar-refractivity contribution in [3.8, 4) is 5.75 Å². The highest BCUT2D eigenvalue weighted by Gasteiger charge is 2.22. The lowest BCUT2D eigenvalue weighted by atomic mass is 10.1. The van der Waals surface area contributed by atoms with Gasteiger partial charge in [0.05, 0.1) is 23.1 Å².